The van der Waals surface area contributed by atoms with E-state index in [-0.39, 0.29) is 0 Å². The van der Waals surface area contributed by atoms with E-state index in [4.69, 9.17) is 5.26 Å². The standard InChI is InChI=1S/C14H17NO/c15-10-12-6-3-7-13(8-12)14(16)9-11-4-1-2-5-11/h3,6-8,11,14,16H,1-2,4-5,9H2. The van der Waals surface area contributed by atoms with Crippen LogP contribution < -0.4 is 0 Å². The monoisotopic (exact) mass is 215 g/mol. The Morgan fingerprint density at radius 2 is 2.12 bits per heavy atom. The Bertz CT molecular complexity index is 388. The number of rotatable bonds is 3. The third kappa shape index (κ3) is 2.62. The Morgan fingerprint density at radius 3 is 2.81 bits per heavy atom. The Hall–Kier alpha value is -1.33. The van der Waals surface area contributed by atoms with Crippen LogP contribution >= 0.6 is 0 Å². The molecule has 84 valence electrons. The number of hydrogen-bond donors (Lipinski definition) is 1. The third-order valence-corrected chi connectivity index (χ3v) is 3.43. The van der Waals surface area contributed by atoms with Crippen LogP contribution in [0.4, 0.5) is 0 Å². The lowest BCUT2D eigenvalue weighted by Gasteiger charge is -2.15. The van der Waals surface area contributed by atoms with Gasteiger partial charge in [-0.25, -0.2) is 0 Å². The summed E-state index contributed by atoms with van der Waals surface area (Å²) in [7, 11) is 0. The van der Waals surface area contributed by atoms with Crippen LogP contribution in [0, 0.1) is 17.2 Å². The zero-order chi connectivity index (χ0) is 11.4. The van der Waals surface area contributed by atoms with Crippen LogP contribution in [0.1, 0.15) is 49.3 Å². The summed E-state index contributed by atoms with van der Waals surface area (Å²) >= 11 is 0. The molecule has 0 spiro atoms. The highest BCUT2D eigenvalue weighted by atomic mass is 16.3. The predicted molar refractivity (Wildman–Crippen MR) is 62.7 cm³/mol. The fourth-order valence-electron chi connectivity index (χ4n) is 2.51. The highest BCUT2D eigenvalue weighted by molar-refractivity contribution is 5.33. The Kier molecular flexibility index (Phi) is 3.58. The van der Waals surface area contributed by atoms with E-state index in [0.29, 0.717) is 11.5 Å². The second-order valence-electron chi connectivity index (χ2n) is 4.64. The Morgan fingerprint density at radius 1 is 1.38 bits per heavy atom. The molecule has 2 heteroatoms. The van der Waals surface area contributed by atoms with Crippen molar-refractivity contribution >= 4 is 0 Å². The summed E-state index contributed by atoms with van der Waals surface area (Å²) in [5.74, 6) is 0.667. The fourth-order valence-corrected chi connectivity index (χ4v) is 2.51. The van der Waals surface area contributed by atoms with Gasteiger partial charge in [0, 0.05) is 0 Å². The van der Waals surface area contributed by atoms with Crippen molar-refractivity contribution in [2.75, 3.05) is 0 Å². The van der Waals surface area contributed by atoms with Gasteiger partial charge in [0.25, 0.3) is 0 Å². The van der Waals surface area contributed by atoms with Crippen molar-refractivity contribution in [1.29, 1.82) is 5.26 Å². The molecule has 1 unspecified atom stereocenters. The number of nitriles is 1. The minimum atomic E-state index is -0.406. The predicted octanol–water partition coefficient (Wildman–Crippen LogP) is 3.17. The molecule has 2 rings (SSSR count). The number of benzene rings is 1. The zero-order valence-electron chi connectivity index (χ0n) is 9.39. The van der Waals surface area contributed by atoms with Crippen molar-refractivity contribution in [2.24, 2.45) is 5.92 Å². The normalized spacial score (nSPS) is 18.2. The van der Waals surface area contributed by atoms with Gasteiger partial charge in [0.1, 0.15) is 0 Å². The molecule has 1 aliphatic rings. The molecule has 0 heterocycles. The summed E-state index contributed by atoms with van der Waals surface area (Å²) in [5, 5.41) is 18.9. The molecule has 0 amide bonds. The Balaban J connectivity index is 2.02. The van der Waals surface area contributed by atoms with Crippen LogP contribution in [0.2, 0.25) is 0 Å². The van der Waals surface area contributed by atoms with Gasteiger partial charge >= 0.3 is 0 Å². The molecule has 0 radical (unpaired) electrons. The molecule has 1 fully saturated rings. The molecule has 0 saturated heterocycles. The largest absolute Gasteiger partial charge is 0.388 e. The molecule has 0 bridgehead atoms. The first-order chi connectivity index (χ1) is 7.79. The summed E-state index contributed by atoms with van der Waals surface area (Å²) in [6, 6.07) is 9.41. The zero-order valence-corrected chi connectivity index (χ0v) is 9.39. The van der Waals surface area contributed by atoms with Crippen LogP contribution in [-0.4, -0.2) is 5.11 Å². The lowest BCUT2D eigenvalue weighted by Crippen LogP contribution is -2.04. The summed E-state index contributed by atoms with van der Waals surface area (Å²) in [5.41, 5.74) is 1.51. The van der Waals surface area contributed by atoms with Gasteiger partial charge < -0.3 is 5.11 Å². The molecule has 0 aliphatic heterocycles. The van der Waals surface area contributed by atoms with Gasteiger partial charge in [-0.15, -0.1) is 0 Å². The number of hydrogen-bond acceptors (Lipinski definition) is 2. The maximum atomic E-state index is 10.1. The molecule has 1 atom stereocenters. The second kappa shape index (κ2) is 5.14. The number of aliphatic hydroxyl groups excluding tert-OH is 1. The third-order valence-electron chi connectivity index (χ3n) is 3.43. The molecular formula is C14H17NO. The van der Waals surface area contributed by atoms with Crippen LogP contribution in [0.3, 0.4) is 0 Å². The van der Waals surface area contributed by atoms with E-state index in [1.807, 2.05) is 12.1 Å². The molecule has 16 heavy (non-hydrogen) atoms. The SMILES string of the molecule is N#Cc1cccc(C(O)CC2CCCC2)c1. The molecule has 0 aromatic heterocycles. The van der Waals surface area contributed by atoms with Crippen LogP contribution in [0.25, 0.3) is 0 Å². The van der Waals surface area contributed by atoms with Crippen molar-refractivity contribution < 1.29 is 5.11 Å². The van der Waals surface area contributed by atoms with Gasteiger partial charge in [-0.05, 0) is 30.0 Å². The average molecular weight is 215 g/mol. The van der Waals surface area contributed by atoms with Gasteiger partial charge in [-0.1, -0.05) is 37.8 Å². The van der Waals surface area contributed by atoms with Gasteiger partial charge in [-0.2, -0.15) is 5.26 Å². The van der Waals surface area contributed by atoms with Gasteiger partial charge in [0.05, 0.1) is 17.7 Å². The number of nitrogens with zero attached hydrogens (tertiary/aromatic N) is 1. The van der Waals surface area contributed by atoms with Crippen LogP contribution in [0.15, 0.2) is 24.3 Å². The first-order valence-electron chi connectivity index (χ1n) is 5.97. The van der Waals surface area contributed by atoms with Crippen molar-refractivity contribution in [3.8, 4) is 6.07 Å². The highest BCUT2D eigenvalue weighted by Gasteiger charge is 2.19. The minimum Gasteiger partial charge on any atom is -0.388 e. The second-order valence-corrected chi connectivity index (χ2v) is 4.64. The van der Waals surface area contributed by atoms with E-state index in [0.717, 1.165) is 12.0 Å². The van der Waals surface area contributed by atoms with E-state index < -0.39 is 6.10 Å². The molecule has 1 saturated carbocycles. The van der Waals surface area contributed by atoms with Crippen molar-refractivity contribution in [2.45, 2.75) is 38.2 Å². The average Bonchev–Trinajstić information content (AvgIpc) is 2.82. The molecule has 1 aromatic rings. The molecule has 2 nitrogen and oxygen atoms in total. The van der Waals surface area contributed by atoms with Crippen LogP contribution in [0.5, 0.6) is 0 Å². The fraction of sp³-hybridized carbons (Fsp3) is 0.500. The quantitative estimate of drug-likeness (QED) is 0.841. The van der Waals surface area contributed by atoms with E-state index in [1.165, 1.54) is 25.7 Å². The van der Waals surface area contributed by atoms with E-state index in [1.54, 1.807) is 12.1 Å². The van der Waals surface area contributed by atoms with Crippen LogP contribution in [-0.2, 0) is 0 Å². The lowest BCUT2D eigenvalue weighted by atomic mass is 9.95. The van der Waals surface area contributed by atoms with E-state index in [2.05, 4.69) is 6.07 Å². The van der Waals surface area contributed by atoms with E-state index >= 15 is 0 Å². The highest BCUT2D eigenvalue weighted by Crippen LogP contribution is 2.32. The molecule has 1 aromatic carbocycles. The Labute approximate surface area is 96.5 Å². The molecule has 1 aliphatic carbocycles. The smallest absolute Gasteiger partial charge is 0.0991 e. The first kappa shape index (κ1) is 11.2. The van der Waals surface area contributed by atoms with Crippen molar-refractivity contribution in [1.82, 2.24) is 0 Å². The van der Waals surface area contributed by atoms with Gasteiger partial charge in [0.2, 0.25) is 0 Å². The van der Waals surface area contributed by atoms with Crippen molar-refractivity contribution in [3.63, 3.8) is 0 Å². The number of aliphatic hydroxyl groups is 1. The summed E-state index contributed by atoms with van der Waals surface area (Å²) in [6.45, 7) is 0. The van der Waals surface area contributed by atoms with E-state index in [9.17, 15) is 5.11 Å². The maximum Gasteiger partial charge on any atom is 0.0991 e. The molecular weight excluding hydrogens is 198 g/mol. The molecule has 1 N–H and O–H groups in total. The van der Waals surface area contributed by atoms with Gasteiger partial charge in [-0.3, -0.25) is 0 Å². The minimum absolute atomic E-state index is 0.406. The lowest BCUT2D eigenvalue weighted by molar-refractivity contribution is 0.145. The summed E-state index contributed by atoms with van der Waals surface area (Å²) in [4.78, 5) is 0. The summed E-state index contributed by atoms with van der Waals surface area (Å²) < 4.78 is 0. The van der Waals surface area contributed by atoms with Crippen molar-refractivity contribution in [3.05, 3.63) is 35.4 Å². The maximum absolute atomic E-state index is 10.1. The van der Waals surface area contributed by atoms with Gasteiger partial charge in [0.15, 0.2) is 0 Å². The topological polar surface area (TPSA) is 44.0 Å². The summed E-state index contributed by atoms with van der Waals surface area (Å²) in [6.07, 6.45) is 5.53. The first-order valence-corrected chi connectivity index (χ1v) is 5.97.